The van der Waals surface area contributed by atoms with Crippen LogP contribution in [-0.2, 0) is 5.41 Å². The molecule has 1 aromatic rings. The average molecular weight is 285 g/mol. The van der Waals surface area contributed by atoms with Gasteiger partial charge in [0.25, 0.3) is 0 Å². The molecule has 0 bridgehead atoms. The fourth-order valence-electron chi connectivity index (χ4n) is 4.45. The standard InChI is InChI=1S/C20H31N/c1-19(2,3)14-9-10-18-15(12-14)16(13-21-18)17-8-6-7-11-20(17,4)5/h9-10,12,16-17,21H,6-8,11,13H2,1-5H3. The molecule has 3 rings (SSSR count). The summed E-state index contributed by atoms with van der Waals surface area (Å²) in [6.07, 6.45) is 5.62. The molecule has 2 aliphatic rings. The molecule has 1 aliphatic heterocycles. The van der Waals surface area contributed by atoms with Crippen molar-refractivity contribution in [1.29, 1.82) is 0 Å². The third-order valence-electron chi connectivity index (χ3n) is 5.91. The van der Waals surface area contributed by atoms with Crippen LogP contribution in [0.4, 0.5) is 5.69 Å². The lowest BCUT2D eigenvalue weighted by molar-refractivity contribution is 0.116. The molecular weight excluding hydrogens is 254 g/mol. The largest absolute Gasteiger partial charge is 0.384 e. The van der Waals surface area contributed by atoms with Gasteiger partial charge in [-0.25, -0.2) is 0 Å². The van der Waals surface area contributed by atoms with Crippen molar-refractivity contribution in [2.75, 3.05) is 11.9 Å². The number of fused-ring (bicyclic) bond motifs is 1. The van der Waals surface area contributed by atoms with Crippen LogP contribution < -0.4 is 5.32 Å². The number of hydrogen-bond acceptors (Lipinski definition) is 1. The highest BCUT2D eigenvalue weighted by molar-refractivity contribution is 5.60. The number of nitrogens with one attached hydrogen (secondary N) is 1. The van der Waals surface area contributed by atoms with Crippen LogP contribution in [-0.4, -0.2) is 6.54 Å². The van der Waals surface area contributed by atoms with Gasteiger partial charge in [-0.15, -0.1) is 0 Å². The molecule has 1 saturated carbocycles. The molecule has 0 radical (unpaired) electrons. The lowest BCUT2D eigenvalue weighted by Crippen LogP contribution is -2.33. The Kier molecular flexibility index (Phi) is 3.58. The molecule has 1 aromatic carbocycles. The molecule has 1 heteroatoms. The van der Waals surface area contributed by atoms with Crippen molar-refractivity contribution in [1.82, 2.24) is 0 Å². The maximum atomic E-state index is 3.66. The predicted octanol–water partition coefficient (Wildman–Crippen LogP) is 5.71. The van der Waals surface area contributed by atoms with E-state index in [1.807, 2.05) is 0 Å². The smallest absolute Gasteiger partial charge is 0.0376 e. The van der Waals surface area contributed by atoms with E-state index in [0.29, 0.717) is 11.3 Å². The van der Waals surface area contributed by atoms with Crippen molar-refractivity contribution in [2.24, 2.45) is 11.3 Å². The average Bonchev–Trinajstić information content (AvgIpc) is 2.80. The normalized spacial score (nSPS) is 28.0. The van der Waals surface area contributed by atoms with Gasteiger partial charge < -0.3 is 5.32 Å². The highest BCUT2D eigenvalue weighted by Crippen LogP contribution is 2.51. The van der Waals surface area contributed by atoms with Crippen molar-refractivity contribution < 1.29 is 0 Å². The van der Waals surface area contributed by atoms with Gasteiger partial charge in [0.15, 0.2) is 0 Å². The van der Waals surface area contributed by atoms with Gasteiger partial charge in [-0.1, -0.05) is 59.6 Å². The van der Waals surface area contributed by atoms with Gasteiger partial charge in [0.1, 0.15) is 0 Å². The third-order valence-corrected chi connectivity index (χ3v) is 5.91. The SMILES string of the molecule is CC(C)(C)c1ccc2c(c1)C(C1CCCCC1(C)C)CN2. The summed E-state index contributed by atoms with van der Waals surface area (Å²) in [5.41, 5.74) is 5.18. The summed E-state index contributed by atoms with van der Waals surface area (Å²) in [7, 11) is 0. The Hall–Kier alpha value is -0.980. The molecule has 0 spiro atoms. The first kappa shape index (κ1) is 14.9. The van der Waals surface area contributed by atoms with Gasteiger partial charge in [0, 0.05) is 18.2 Å². The first-order valence-corrected chi connectivity index (χ1v) is 8.67. The van der Waals surface area contributed by atoms with Crippen LogP contribution in [0.5, 0.6) is 0 Å². The quantitative estimate of drug-likeness (QED) is 0.697. The van der Waals surface area contributed by atoms with Crippen LogP contribution in [0.15, 0.2) is 18.2 Å². The van der Waals surface area contributed by atoms with E-state index < -0.39 is 0 Å². The van der Waals surface area contributed by atoms with Crippen LogP contribution >= 0.6 is 0 Å². The maximum absolute atomic E-state index is 3.66. The molecule has 1 nitrogen and oxygen atoms in total. The van der Waals surface area contributed by atoms with Gasteiger partial charge in [0.05, 0.1) is 0 Å². The van der Waals surface area contributed by atoms with Gasteiger partial charge in [-0.05, 0) is 46.8 Å². The Balaban J connectivity index is 1.95. The van der Waals surface area contributed by atoms with Crippen molar-refractivity contribution in [3.63, 3.8) is 0 Å². The number of anilines is 1. The second-order valence-electron chi connectivity index (χ2n) is 8.88. The summed E-state index contributed by atoms with van der Waals surface area (Å²) >= 11 is 0. The molecule has 1 aliphatic carbocycles. The van der Waals surface area contributed by atoms with E-state index in [9.17, 15) is 0 Å². The fraction of sp³-hybridized carbons (Fsp3) is 0.700. The zero-order valence-electron chi connectivity index (χ0n) is 14.4. The Labute approximate surface area is 130 Å². The Bertz CT molecular complexity index is 521. The summed E-state index contributed by atoms with van der Waals surface area (Å²) in [4.78, 5) is 0. The van der Waals surface area contributed by atoms with Crippen LogP contribution in [0.3, 0.4) is 0 Å². The van der Waals surface area contributed by atoms with E-state index >= 15 is 0 Å². The van der Waals surface area contributed by atoms with Crippen LogP contribution in [0.2, 0.25) is 0 Å². The van der Waals surface area contributed by atoms with Gasteiger partial charge in [-0.2, -0.15) is 0 Å². The highest BCUT2D eigenvalue weighted by atomic mass is 14.9. The summed E-state index contributed by atoms with van der Waals surface area (Å²) in [5, 5.41) is 3.66. The summed E-state index contributed by atoms with van der Waals surface area (Å²) < 4.78 is 0. The maximum Gasteiger partial charge on any atom is 0.0376 e. The van der Waals surface area contributed by atoms with E-state index in [-0.39, 0.29) is 5.41 Å². The van der Waals surface area contributed by atoms with E-state index in [0.717, 1.165) is 12.5 Å². The Morgan fingerprint density at radius 1 is 1.14 bits per heavy atom. The van der Waals surface area contributed by atoms with E-state index in [1.165, 1.54) is 36.9 Å². The van der Waals surface area contributed by atoms with Crippen LogP contribution in [0, 0.1) is 11.3 Å². The summed E-state index contributed by atoms with van der Waals surface area (Å²) in [6.45, 7) is 13.1. The molecule has 0 aromatic heterocycles. The zero-order valence-corrected chi connectivity index (χ0v) is 14.4. The number of rotatable bonds is 1. The minimum Gasteiger partial charge on any atom is -0.384 e. The first-order valence-electron chi connectivity index (χ1n) is 8.67. The van der Waals surface area contributed by atoms with E-state index in [2.05, 4.69) is 58.1 Å². The number of benzene rings is 1. The second-order valence-corrected chi connectivity index (χ2v) is 8.88. The highest BCUT2D eigenvalue weighted by Gasteiger charge is 2.40. The second kappa shape index (κ2) is 5.04. The van der Waals surface area contributed by atoms with Crippen LogP contribution in [0.25, 0.3) is 0 Å². The molecule has 0 amide bonds. The fourth-order valence-corrected chi connectivity index (χ4v) is 4.45. The van der Waals surface area contributed by atoms with Crippen LogP contribution in [0.1, 0.15) is 77.3 Å². The molecule has 1 fully saturated rings. The third kappa shape index (κ3) is 2.72. The van der Waals surface area contributed by atoms with Gasteiger partial charge in [0.2, 0.25) is 0 Å². The summed E-state index contributed by atoms with van der Waals surface area (Å²) in [6, 6.07) is 7.11. The number of hydrogen-bond donors (Lipinski definition) is 1. The van der Waals surface area contributed by atoms with Crippen molar-refractivity contribution in [2.45, 2.75) is 71.6 Å². The van der Waals surface area contributed by atoms with Gasteiger partial charge >= 0.3 is 0 Å². The monoisotopic (exact) mass is 285 g/mol. The minimum atomic E-state index is 0.240. The van der Waals surface area contributed by atoms with E-state index in [1.54, 1.807) is 5.56 Å². The molecule has 1 heterocycles. The lowest BCUT2D eigenvalue weighted by Gasteiger charge is -2.42. The minimum absolute atomic E-state index is 0.240. The molecule has 21 heavy (non-hydrogen) atoms. The molecule has 0 saturated heterocycles. The van der Waals surface area contributed by atoms with E-state index in [4.69, 9.17) is 0 Å². The molecule has 116 valence electrons. The molecule has 2 unspecified atom stereocenters. The van der Waals surface area contributed by atoms with Crippen molar-refractivity contribution >= 4 is 5.69 Å². The Morgan fingerprint density at radius 3 is 2.57 bits per heavy atom. The summed E-state index contributed by atoms with van der Waals surface area (Å²) in [5.74, 6) is 1.54. The lowest BCUT2D eigenvalue weighted by atomic mass is 9.63. The topological polar surface area (TPSA) is 12.0 Å². The molecule has 1 N–H and O–H groups in total. The van der Waals surface area contributed by atoms with Gasteiger partial charge in [-0.3, -0.25) is 0 Å². The zero-order chi connectivity index (χ0) is 15.3. The first-order chi connectivity index (χ1) is 9.79. The Morgan fingerprint density at radius 2 is 1.90 bits per heavy atom. The predicted molar refractivity (Wildman–Crippen MR) is 92.1 cm³/mol. The van der Waals surface area contributed by atoms with Crippen molar-refractivity contribution in [3.8, 4) is 0 Å². The molecule has 2 atom stereocenters. The van der Waals surface area contributed by atoms with Crippen molar-refractivity contribution in [3.05, 3.63) is 29.3 Å². The molecular formula is C20H31N.